The molecule has 2 rings (SSSR count). The Morgan fingerprint density at radius 3 is 2.41 bits per heavy atom. The fraction of sp³-hybridized carbons (Fsp3) is 0.600. The van der Waals surface area contributed by atoms with Crippen molar-refractivity contribution < 1.29 is 22.7 Å². The Hall–Kier alpha value is -2.60. The zero-order valence-electron chi connectivity index (χ0n) is 19.2. The summed E-state index contributed by atoms with van der Waals surface area (Å²) in [7, 11) is -2.23. The summed E-state index contributed by atoms with van der Waals surface area (Å²) >= 11 is 0. The molecule has 2 heterocycles. The van der Waals surface area contributed by atoms with Gasteiger partial charge in [0.15, 0.2) is 0 Å². The summed E-state index contributed by atoms with van der Waals surface area (Å²) in [6, 6.07) is 0.874. The van der Waals surface area contributed by atoms with Crippen molar-refractivity contribution in [2.75, 3.05) is 30.0 Å². The number of halogens is 1. The minimum absolute atomic E-state index is 0.116. The van der Waals surface area contributed by atoms with Gasteiger partial charge in [-0.25, -0.2) is 17.8 Å². The minimum atomic E-state index is -3.64. The van der Waals surface area contributed by atoms with Crippen LogP contribution in [0.25, 0.3) is 0 Å². The molecule has 10 nitrogen and oxygen atoms in total. The highest BCUT2D eigenvalue weighted by Crippen LogP contribution is 2.30. The number of rotatable bonds is 11. The van der Waals surface area contributed by atoms with E-state index in [-0.39, 0.29) is 42.7 Å². The lowest BCUT2D eigenvalue weighted by Crippen LogP contribution is -2.28. The van der Waals surface area contributed by atoms with Crippen LogP contribution in [0.3, 0.4) is 0 Å². The highest BCUT2D eigenvalue weighted by molar-refractivity contribution is 7.91. The van der Waals surface area contributed by atoms with Gasteiger partial charge in [0.1, 0.15) is 11.6 Å². The van der Waals surface area contributed by atoms with Gasteiger partial charge in [0, 0.05) is 29.7 Å². The Morgan fingerprint density at radius 1 is 1.22 bits per heavy atom. The van der Waals surface area contributed by atoms with Crippen molar-refractivity contribution in [1.82, 2.24) is 19.9 Å². The third kappa shape index (κ3) is 7.52. The minimum Gasteiger partial charge on any atom is -0.481 e. The molecular formula is C20H31FN6O4S. The van der Waals surface area contributed by atoms with Crippen LogP contribution in [0.1, 0.15) is 45.5 Å². The first kappa shape index (κ1) is 25.7. The van der Waals surface area contributed by atoms with Crippen molar-refractivity contribution in [3.63, 3.8) is 0 Å². The Kier molecular flexibility index (Phi) is 8.29. The van der Waals surface area contributed by atoms with Crippen LogP contribution < -0.4 is 14.8 Å². The highest BCUT2D eigenvalue weighted by atomic mass is 32.2. The molecule has 32 heavy (non-hydrogen) atoms. The summed E-state index contributed by atoms with van der Waals surface area (Å²) in [6.45, 7) is 7.48. The number of anilines is 2. The number of methoxy groups -OCH3 is 1. The molecule has 0 aromatic carbocycles. The molecule has 3 N–H and O–H groups in total. The highest BCUT2D eigenvalue weighted by Gasteiger charge is 2.28. The van der Waals surface area contributed by atoms with Gasteiger partial charge in [-0.05, 0) is 12.3 Å². The Bertz CT molecular complexity index is 1030. The normalized spacial score (nSPS) is 13.2. The van der Waals surface area contributed by atoms with Crippen LogP contribution in [-0.2, 0) is 21.9 Å². The van der Waals surface area contributed by atoms with Gasteiger partial charge in [-0.2, -0.15) is 15.0 Å². The molecule has 0 spiro atoms. The van der Waals surface area contributed by atoms with E-state index >= 15 is 0 Å². The third-order valence-electron chi connectivity index (χ3n) is 4.63. The van der Waals surface area contributed by atoms with Crippen LogP contribution in [0.5, 0.6) is 5.88 Å². The van der Waals surface area contributed by atoms with Crippen LogP contribution in [0, 0.1) is 11.7 Å². The van der Waals surface area contributed by atoms with Crippen LogP contribution in [0.15, 0.2) is 12.3 Å². The van der Waals surface area contributed by atoms with Gasteiger partial charge in [-0.3, -0.25) is 4.72 Å². The number of aromatic nitrogens is 4. The lowest BCUT2D eigenvalue weighted by molar-refractivity contribution is 0.259. The topological polar surface area (TPSA) is 139 Å². The van der Waals surface area contributed by atoms with Crippen molar-refractivity contribution in [3.05, 3.63) is 29.5 Å². The Balaban J connectivity index is 2.41. The molecule has 0 radical (unpaired) electrons. The smallest absolute Gasteiger partial charge is 0.241 e. The summed E-state index contributed by atoms with van der Waals surface area (Å²) in [5.41, 5.74) is -0.447. The molecular weight excluding hydrogens is 439 g/mol. The molecule has 0 fully saturated rings. The predicted molar refractivity (Wildman–Crippen MR) is 120 cm³/mol. The SMILES string of the molecule is COc1cc(F)c(C(C)(C)Cc2nc(N[C@@H](CO)CC(C)C)nc(NS(C)(=O)=O)n2)cn1. The first-order valence-electron chi connectivity index (χ1n) is 10.1. The second-order valence-corrected chi connectivity index (χ2v) is 10.4. The molecule has 2 aromatic rings. The molecule has 2 aromatic heterocycles. The van der Waals surface area contributed by atoms with Crippen LogP contribution in [0.2, 0.25) is 0 Å². The van der Waals surface area contributed by atoms with E-state index in [0.29, 0.717) is 17.9 Å². The van der Waals surface area contributed by atoms with Gasteiger partial charge in [-0.1, -0.05) is 27.7 Å². The first-order chi connectivity index (χ1) is 14.8. The molecule has 12 heteroatoms. The van der Waals surface area contributed by atoms with Crippen LogP contribution >= 0.6 is 0 Å². The summed E-state index contributed by atoms with van der Waals surface area (Å²) in [4.78, 5) is 16.8. The number of hydrogen-bond donors (Lipinski definition) is 3. The van der Waals surface area contributed by atoms with Crippen molar-refractivity contribution in [2.45, 2.75) is 52.0 Å². The maximum atomic E-state index is 14.7. The number of sulfonamides is 1. The Labute approximate surface area is 188 Å². The monoisotopic (exact) mass is 470 g/mol. The van der Waals surface area contributed by atoms with Crippen molar-refractivity contribution in [2.24, 2.45) is 5.92 Å². The maximum absolute atomic E-state index is 14.7. The van der Waals surface area contributed by atoms with Crippen molar-refractivity contribution in [1.29, 1.82) is 0 Å². The maximum Gasteiger partial charge on any atom is 0.241 e. The van der Waals surface area contributed by atoms with Gasteiger partial charge in [-0.15, -0.1) is 0 Å². The largest absolute Gasteiger partial charge is 0.481 e. The molecule has 1 atom stereocenters. The number of nitrogens with zero attached hydrogens (tertiary/aromatic N) is 4. The molecule has 0 amide bonds. The molecule has 0 unspecified atom stereocenters. The van der Waals surface area contributed by atoms with E-state index in [9.17, 15) is 17.9 Å². The number of hydrogen-bond acceptors (Lipinski definition) is 9. The average molecular weight is 471 g/mol. The predicted octanol–water partition coefficient (Wildman–Crippen LogP) is 2.12. The Morgan fingerprint density at radius 2 is 1.88 bits per heavy atom. The van der Waals surface area contributed by atoms with Gasteiger partial charge in [0.2, 0.25) is 27.8 Å². The summed E-state index contributed by atoms with van der Waals surface area (Å²) in [6.07, 6.45) is 3.21. The zero-order chi connectivity index (χ0) is 24.1. The van der Waals surface area contributed by atoms with E-state index in [1.54, 1.807) is 13.8 Å². The average Bonchev–Trinajstić information content (AvgIpc) is 2.64. The van der Waals surface area contributed by atoms with E-state index in [0.717, 1.165) is 6.26 Å². The fourth-order valence-electron chi connectivity index (χ4n) is 3.22. The van der Waals surface area contributed by atoms with Crippen LogP contribution in [-0.4, -0.2) is 59.5 Å². The fourth-order valence-corrected chi connectivity index (χ4v) is 3.64. The van der Waals surface area contributed by atoms with Crippen molar-refractivity contribution >= 4 is 21.9 Å². The van der Waals surface area contributed by atoms with E-state index < -0.39 is 21.3 Å². The lowest BCUT2D eigenvalue weighted by atomic mass is 9.82. The number of aliphatic hydroxyl groups excluding tert-OH is 1. The van der Waals surface area contributed by atoms with E-state index in [1.807, 2.05) is 13.8 Å². The van der Waals surface area contributed by atoms with E-state index in [2.05, 4.69) is 30.0 Å². The van der Waals surface area contributed by atoms with Gasteiger partial charge >= 0.3 is 0 Å². The number of aliphatic hydroxyl groups is 1. The number of pyridine rings is 1. The summed E-state index contributed by atoms with van der Waals surface area (Å²) in [5, 5.41) is 12.7. The molecule has 0 bridgehead atoms. The zero-order valence-corrected chi connectivity index (χ0v) is 20.0. The van der Waals surface area contributed by atoms with Gasteiger partial charge < -0.3 is 15.2 Å². The second-order valence-electron chi connectivity index (χ2n) is 8.69. The van der Waals surface area contributed by atoms with E-state index in [1.165, 1.54) is 19.4 Å². The second kappa shape index (κ2) is 10.3. The number of ether oxygens (including phenoxy) is 1. The summed E-state index contributed by atoms with van der Waals surface area (Å²) < 4.78 is 45.3. The molecule has 0 aliphatic carbocycles. The van der Waals surface area contributed by atoms with E-state index in [4.69, 9.17) is 4.74 Å². The molecule has 0 saturated heterocycles. The molecule has 0 saturated carbocycles. The molecule has 0 aliphatic rings. The number of nitrogens with one attached hydrogen (secondary N) is 2. The van der Waals surface area contributed by atoms with Gasteiger partial charge in [0.25, 0.3) is 0 Å². The molecule has 0 aliphatic heterocycles. The van der Waals surface area contributed by atoms with Crippen molar-refractivity contribution in [3.8, 4) is 5.88 Å². The van der Waals surface area contributed by atoms with Gasteiger partial charge in [0.05, 0.1) is 26.0 Å². The first-order valence-corrected chi connectivity index (χ1v) is 12.0. The third-order valence-corrected chi connectivity index (χ3v) is 5.19. The standard InChI is InChI=1S/C20H31FN6O4S/c1-12(2)7-13(11-28)23-18-24-16(25-19(26-18)27-32(6,29)30)9-20(3,4)14-10-22-17(31-5)8-15(14)21/h8,10,12-13,28H,7,9,11H2,1-6H3,(H2,23,24,25,26,27)/t13-/m1/s1. The summed E-state index contributed by atoms with van der Waals surface area (Å²) in [5.74, 6) is 0.180. The quantitative estimate of drug-likeness (QED) is 0.450. The van der Waals surface area contributed by atoms with Crippen LogP contribution in [0.4, 0.5) is 16.3 Å². The molecule has 178 valence electrons. The lowest BCUT2D eigenvalue weighted by Gasteiger charge is -2.25.